The number of imidazole rings is 1. The predicted octanol–water partition coefficient (Wildman–Crippen LogP) is 1.13. The normalized spacial score (nSPS) is 11.0. The van der Waals surface area contributed by atoms with Gasteiger partial charge in [0.25, 0.3) is 5.56 Å². The van der Waals surface area contributed by atoms with Gasteiger partial charge in [-0.25, -0.2) is 9.78 Å². The minimum absolute atomic E-state index is 0.366. The highest BCUT2D eigenvalue weighted by atomic mass is 16.2. The van der Waals surface area contributed by atoms with Gasteiger partial charge in [-0.2, -0.15) is 0 Å². The van der Waals surface area contributed by atoms with Gasteiger partial charge in [0.15, 0.2) is 11.2 Å². The number of aryl methyl sites for hydroxylation is 1. The summed E-state index contributed by atoms with van der Waals surface area (Å²) in [6.45, 7) is 3.77. The summed E-state index contributed by atoms with van der Waals surface area (Å²) in [5.74, 6) is 0.675. The van der Waals surface area contributed by atoms with Crippen LogP contribution in [-0.2, 0) is 20.5 Å². The van der Waals surface area contributed by atoms with E-state index >= 15 is 0 Å². The average molecular weight is 296 g/mol. The van der Waals surface area contributed by atoms with E-state index in [0.717, 1.165) is 10.1 Å². The predicted molar refractivity (Wildman–Crippen MR) is 85.9 cm³/mol. The summed E-state index contributed by atoms with van der Waals surface area (Å²) in [6, 6.07) is 9.82. The van der Waals surface area contributed by atoms with Gasteiger partial charge in [0.2, 0.25) is 0 Å². The molecule has 6 heteroatoms. The third-order valence-corrected chi connectivity index (χ3v) is 3.75. The van der Waals surface area contributed by atoms with Crippen LogP contribution in [0.25, 0.3) is 17.4 Å². The Morgan fingerprint density at radius 2 is 1.82 bits per heavy atom. The van der Waals surface area contributed by atoms with Crippen molar-refractivity contribution >= 4 is 17.4 Å². The third kappa shape index (κ3) is 2.00. The number of nitrogens with zero attached hydrogens (tertiary/aromatic N) is 4. The van der Waals surface area contributed by atoms with Crippen molar-refractivity contribution in [3.8, 4) is 0 Å². The Bertz CT molecular complexity index is 977. The molecule has 0 bridgehead atoms. The van der Waals surface area contributed by atoms with E-state index < -0.39 is 5.69 Å². The van der Waals surface area contributed by atoms with Crippen molar-refractivity contribution in [2.24, 2.45) is 14.1 Å². The second-order valence-corrected chi connectivity index (χ2v) is 5.12. The summed E-state index contributed by atoms with van der Waals surface area (Å²) < 4.78 is 4.12. The first-order valence-electron chi connectivity index (χ1n) is 6.88. The molecule has 0 aliphatic carbocycles. The Morgan fingerprint density at radius 3 is 2.45 bits per heavy atom. The Morgan fingerprint density at radius 1 is 1.14 bits per heavy atom. The molecule has 0 N–H and O–H groups in total. The van der Waals surface area contributed by atoms with Crippen molar-refractivity contribution in [3.63, 3.8) is 0 Å². The third-order valence-electron chi connectivity index (χ3n) is 3.75. The maximum absolute atomic E-state index is 12.4. The fourth-order valence-electron chi connectivity index (χ4n) is 2.56. The minimum Gasteiger partial charge on any atom is -0.297 e. The van der Waals surface area contributed by atoms with Gasteiger partial charge in [-0.05, 0) is 5.56 Å². The molecule has 0 amide bonds. The molecular formula is C16H16N4O2. The van der Waals surface area contributed by atoms with Gasteiger partial charge >= 0.3 is 5.69 Å². The fraction of sp³-hybridized carbons (Fsp3) is 0.188. The summed E-state index contributed by atoms with van der Waals surface area (Å²) >= 11 is 0. The second-order valence-electron chi connectivity index (χ2n) is 5.12. The van der Waals surface area contributed by atoms with Crippen molar-refractivity contribution in [2.75, 3.05) is 0 Å². The van der Waals surface area contributed by atoms with Crippen LogP contribution in [0.3, 0.4) is 0 Å². The molecule has 3 rings (SSSR count). The Labute approximate surface area is 126 Å². The molecule has 0 fully saturated rings. The van der Waals surface area contributed by atoms with Crippen molar-refractivity contribution in [1.82, 2.24) is 18.7 Å². The number of aromatic nitrogens is 4. The lowest BCUT2D eigenvalue weighted by Crippen LogP contribution is -2.37. The van der Waals surface area contributed by atoms with Crippen molar-refractivity contribution in [1.29, 1.82) is 0 Å². The molecule has 2 heterocycles. The quantitative estimate of drug-likeness (QED) is 0.728. The van der Waals surface area contributed by atoms with Gasteiger partial charge in [-0.3, -0.25) is 18.5 Å². The average Bonchev–Trinajstić information content (AvgIpc) is 2.90. The molecule has 0 radical (unpaired) electrons. The lowest BCUT2D eigenvalue weighted by Gasteiger charge is -2.04. The molecule has 112 valence electrons. The number of hydrogen-bond donors (Lipinski definition) is 0. The molecule has 6 nitrogen and oxygen atoms in total. The van der Waals surface area contributed by atoms with Crippen LogP contribution in [0, 0.1) is 0 Å². The van der Waals surface area contributed by atoms with Crippen LogP contribution in [-0.4, -0.2) is 18.7 Å². The van der Waals surface area contributed by atoms with E-state index in [2.05, 4.69) is 11.6 Å². The van der Waals surface area contributed by atoms with Crippen LogP contribution in [0.5, 0.6) is 0 Å². The second kappa shape index (κ2) is 5.14. The fourth-order valence-corrected chi connectivity index (χ4v) is 2.56. The van der Waals surface area contributed by atoms with Crippen molar-refractivity contribution in [2.45, 2.75) is 6.42 Å². The molecule has 2 aromatic heterocycles. The maximum atomic E-state index is 12.4. The number of fused-ring (bicyclic) bond motifs is 1. The van der Waals surface area contributed by atoms with Gasteiger partial charge in [0.05, 0.1) is 0 Å². The van der Waals surface area contributed by atoms with Crippen LogP contribution in [0.15, 0.2) is 46.5 Å². The highest BCUT2D eigenvalue weighted by Gasteiger charge is 2.17. The van der Waals surface area contributed by atoms with E-state index in [-0.39, 0.29) is 5.56 Å². The first kappa shape index (κ1) is 14.1. The summed E-state index contributed by atoms with van der Waals surface area (Å²) in [5, 5.41) is 0. The van der Waals surface area contributed by atoms with Crippen LogP contribution in [0.1, 0.15) is 11.4 Å². The molecule has 0 aliphatic heterocycles. The molecule has 0 saturated carbocycles. The molecule has 0 atom stereocenters. The highest BCUT2D eigenvalue weighted by Crippen LogP contribution is 2.15. The van der Waals surface area contributed by atoms with Gasteiger partial charge in [-0.1, -0.05) is 36.9 Å². The van der Waals surface area contributed by atoms with Crippen molar-refractivity contribution in [3.05, 3.63) is 69.1 Å². The van der Waals surface area contributed by atoms with E-state index in [4.69, 9.17) is 0 Å². The summed E-state index contributed by atoms with van der Waals surface area (Å²) in [7, 11) is 3.07. The highest BCUT2D eigenvalue weighted by molar-refractivity contribution is 5.73. The molecule has 22 heavy (non-hydrogen) atoms. The van der Waals surface area contributed by atoms with E-state index in [9.17, 15) is 9.59 Å². The zero-order chi connectivity index (χ0) is 15.9. The molecule has 0 saturated heterocycles. The molecule has 0 unspecified atom stereocenters. The summed E-state index contributed by atoms with van der Waals surface area (Å²) in [6.07, 6.45) is 2.11. The topological polar surface area (TPSA) is 61.8 Å². The standard InChI is InChI=1S/C16H16N4O2/c1-4-20-12(10-11-8-6-5-7-9-11)17-14-13(20)15(21)19(3)16(22)18(14)2/h4-9H,1,10H2,2-3H3. The van der Waals surface area contributed by atoms with Gasteiger partial charge in [0.1, 0.15) is 5.82 Å². The molecule has 0 spiro atoms. The van der Waals surface area contributed by atoms with Crippen LogP contribution < -0.4 is 11.2 Å². The monoisotopic (exact) mass is 296 g/mol. The van der Waals surface area contributed by atoms with Gasteiger partial charge < -0.3 is 0 Å². The number of benzene rings is 1. The lowest BCUT2D eigenvalue weighted by atomic mass is 10.1. The SMILES string of the molecule is C=Cn1c(Cc2ccccc2)nc2c1c(=O)n(C)c(=O)n2C. The van der Waals surface area contributed by atoms with Crippen LogP contribution in [0.4, 0.5) is 0 Å². The van der Waals surface area contributed by atoms with E-state index in [1.807, 2.05) is 30.3 Å². The molecule has 1 aromatic carbocycles. The van der Waals surface area contributed by atoms with Crippen LogP contribution in [0.2, 0.25) is 0 Å². The minimum atomic E-state index is -0.391. The van der Waals surface area contributed by atoms with E-state index in [0.29, 0.717) is 23.4 Å². The maximum Gasteiger partial charge on any atom is 0.332 e. The number of hydrogen-bond acceptors (Lipinski definition) is 3. The van der Waals surface area contributed by atoms with Crippen LogP contribution >= 0.6 is 0 Å². The first-order chi connectivity index (χ1) is 10.5. The Kier molecular flexibility index (Phi) is 3.29. The zero-order valence-electron chi connectivity index (χ0n) is 12.5. The smallest absolute Gasteiger partial charge is 0.297 e. The van der Waals surface area contributed by atoms with Gasteiger partial charge in [-0.15, -0.1) is 0 Å². The largest absolute Gasteiger partial charge is 0.332 e. The van der Waals surface area contributed by atoms with E-state index in [1.54, 1.807) is 17.8 Å². The van der Waals surface area contributed by atoms with Crippen molar-refractivity contribution < 1.29 is 0 Å². The number of rotatable bonds is 3. The Hall–Kier alpha value is -2.89. The van der Waals surface area contributed by atoms with E-state index in [1.165, 1.54) is 11.6 Å². The summed E-state index contributed by atoms with van der Waals surface area (Å²) in [4.78, 5) is 28.9. The molecule has 0 aliphatic rings. The summed E-state index contributed by atoms with van der Waals surface area (Å²) in [5.41, 5.74) is 1.05. The molecular weight excluding hydrogens is 280 g/mol. The molecule has 3 aromatic rings. The zero-order valence-corrected chi connectivity index (χ0v) is 12.5. The first-order valence-corrected chi connectivity index (χ1v) is 6.88. The lowest BCUT2D eigenvalue weighted by molar-refractivity contribution is 0.708. The van der Waals surface area contributed by atoms with Gasteiger partial charge in [0, 0.05) is 26.7 Å². The Balaban J connectivity index is 2.31.